The third-order valence-electron chi connectivity index (χ3n) is 3.18. The molecule has 0 aromatic heterocycles. The van der Waals surface area contributed by atoms with Crippen LogP contribution >= 0.6 is 21.6 Å². The van der Waals surface area contributed by atoms with Gasteiger partial charge in [-0.3, -0.25) is 4.79 Å². The predicted octanol–water partition coefficient (Wildman–Crippen LogP) is 2.92. The summed E-state index contributed by atoms with van der Waals surface area (Å²) in [6.07, 6.45) is 5.09. The standard InChI is InChI=1S/C15H28O5S2/c1-17-7-8-18-9-10-19-11-12-20-15(16)5-3-2-4-14-6-13-21-22-14/h14H,2-13H2,1H3. The van der Waals surface area contributed by atoms with Crippen molar-refractivity contribution in [3.05, 3.63) is 0 Å². The van der Waals surface area contributed by atoms with Gasteiger partial charge in [0.1, 0.15) is 6.61 Å². The van der Waals surface area contributed by atoms with E-state index in [4.69, 9.17) is 18.9 Å². The summed E-state index contributed by atoms with van der Waals surface area (Å²) in [5.41, 5.74) is 0. The Morgan fingerprint density at radius 3 is 2.45 bits per heavy atom. The van der Waals surface area contributed by atoms with Crippen molar-refractivity contribution in [2.24, 2.45) is 0 Å². The first-order valence-electron chi connectivity index (χ1n) is 7.91. The lowest BCUT2D eigenvalue weighted by Crippen LogP contribution is -2.13. The first-order chi connectivity index (χ1) is 10.8. The fraction of sp³-hybridized carbons (Fsp3) is 0.933. The van der Waals surface area contributed by atoms with E-state index >= 15 is 0 Å². The van der Waals surface area contributed by atoms with Crippen molar-refractivity contribution < 1.29 is 23.7 Å². The van der Waals surface area contributed by atoms with Crippen LogP contribution in [0.1, 0.15) is 32.1 Å². The molecule has 0 radical (unpaired) electrons. The molecule has 5 nitrogen and oxygen atoms in total. The summed E-state index contributed by atoms with van der Waals surface area (Å²) >= 11 is 0. The average Bonchev–Trinajstić information content (AvgIpc) is 3.03. The predicted molar refractivity (Wildman–Crippen MR) is 91.4 cm³/mol. The van der Waals surface area contributed by atoms with Crippen LogP contribution in [0.25, 0.3) is 0 Å². The van der Waals surface area contributed by atoms with Gasteiger partial charge in [-0.05, 0) is 19.3 Å². The fourth-order valence-corrected chi connectivity index (χ4v) is 4.98. The molecule has 0 aromatic carbocycles. The van der Waals surface area contributed by atoms with Crippen molar-refractivity contribution in [3.8, 4) is 0 Å². The summed E-state index contributed by atoms with van der Waals surface area (Å²) in [5.74, 6) is 1.16. The number of carbonyl (C=O) groups is 1. The van der Waals surface area contributed by atoms with Gasteiger partial charge in [-0.2, -0.15) is 0 Å². The zero-order valence-corrected chi connectivity index (χ0v) is 15.1. The van der Waals surface area contributed by atoms with Gasteiger partial charge in [0.25, 0.3) is 0 Å². The quantitative estimate of drug-likeness (QED) is 0.271. The van der Waals surface area contributed by atoms with Crippen LogP contribution in [-0.2, 0) is 23.7 Å². The second kappa shape index (κ2) is 14.6. The Morgan fingerprint density at radius 2 is 1.77 bits per heavy atom. The Labute approximate surface area is 141 Å². The third-order valence-corrected chi connectivity index (χ3v) is 6.19. The zero-order valence-electron chi connectivity index (χ0n) is 13.4. The van der Waals surface area contributed by atoms with Gasteiger partial charge >= 0.3 is 5.97 Å². The number of rotatable bonds is 14. The number of carbonyl (C=O) groups excluding carboxylic acids is 1. The first kappa shape index (κ1) is 20.1. The van der Waals surface area contributed by atoms with Gasteiger partial charge < -0.3 is 18.9 Å². The maximum absolute atomic E-state index is 11.5. The summed E-state index contributed by atoms with van der Waals surface area (Å²) in [7, 11) is 5.60. The van der Waals surface area contributed by atoms with E-state index in [1.807, 2.05) is 21.6 Å². The first-order valence-corrected chi connectivity index (χ1v) is 10.3. The smallest absolute Gasteiger partial charge is 0.305 e. The Balaban J connectivity index is 1.77. The molecule has 1 fully saturated rings. The molecule has 1 aliphatic rings. The molecule has 130 valence electrons. The molecule has 0 amide bonds. The van der Waals surface area contributed by atoms with Crippen LogP contribution < -0.4 is 0 Å². The SMILES string of the molecule is COCCOCCOCCOC(=O)CCCCC1CCSS1. The van der Waals surface area contributed by atoms with E-state index in [1.165, 1.54) is 18.6 Å². The number of methoxy groups -OCH3 is 1. The lowest BCUT2D eigenvalue weighted by molar-refractivity contribution is -0.145. The molecule has 1 saturated heterocycles. The number of ether oxygens (including phenoxy) is 4. The molecule has 7 heteroatoms. The van der Waals surface area contributed by atoms with Crippen LogP contribution in [0.2, 0.25) is 0 Å². The van der Waals surface area contributed by atoms with Crippen LogP contribution in [0.3, 0.4) is 0 Å². The van der Waals surface area contributed by atoms with Crippen molar-refractivity contribution in [2.45, 2.75) is 37.4 Å². The molecule has 1 atom stereocenters. The fourth-order valence-electron chi connectivity index (χ4n) is 1.96. The summed E-state index contributed by atoms with van der Waals surface area (Å²) in [6, 6.07) is 0. The zero-order chi connectivity index (χ0) is 15.9. The van der Waals surface area contributed by atoms with Gasteiger partial charge in [0.15, 0.2) is 0 Å². The van der Waals surface area contributed by atoms with E-state index in [-0.39, 0.29) is 5.97 Å². The third kappa shape index (κ3) is 11.6. The molecule has 0 N–H and O–H groups in total. The second-order valence-electron chi connectivity index (χ2n) is 5.01. The van der Waals surface area contributed by atoms with E-state index in [2.05, 4.69) is 0 Å². The monoisotopic (exact) mass is 352 g/mol. The maximum atomic E-state index is 11.5. The Morgan fingerprint density at radius 1 is 1.05 bits per heavy atom. The highest BCUT2D eigenvalue weighted by molar-refractivity contribution is 8.77. The van der Waals surface area contributed by atoms with E-state index in [0.29, 0.717) is 46.1 Å². The van der Waals surface area contributed by atoms with Crippen molar-refractivity contribution in [1.29, 1.82) is 0 Å². The molecule has 0 saturated carbocycles. The normalized spacial score (nSPS) is 17.8. The number of hydrogen-bond donors (Lipinski definition) is 0. The van der Waals surface area contributed by atoms with Crippen molar-refractivity contribution in [3.63, 3.8) is 0 Å². The van der Waals surface area contributed by atoms with Crippen LogP contribution in [0.4, 0.5) is 0 Å². The van der Waals surface area contributed by atoms with Gasteiger partial charge in [-0.15, -0.1) is 0 Å². The molecule has 22 heavy (non-hydrogen) atoms. The van der Waals surface area contributed by atoms with Gasteiger partial charge in [0.05, 0.1) is 33.0 Å². The summed E-state index contributed by atoms with van der Waals surface area (Å²) in [5, 5.41) is 0.792. The van der Waals surface area contributed by atoms with Crippen LogP contribution in [-0.4, -0.2) is 63.7 Å². The summed E-state index contributed by atoms with van der Waals surface area (Å²) in [4.78, 5) is 11.5. The van der Waals surface area contributed by atoms with Gasteiger partial charge in [0, 0.05) is 24.5 Å². The average molecular weight is 353 g/mol. The molecule has 1 aliphatic heterocycles. The molecular weight excluding hydrogens is 324 g/mol. The van der Waals surface area contributed by atoms with Crippen LogP contribution in [0.15, 0.2) is 0 Å². The molecule has 0 spiro atoms. The number of unbranched alkanes of at least 4 members (excludes halogenated alkanes) is 1. The molecule has 1 heterocycles. The number of hydrogen-bond acceptors (Lipinski definition) is 7. The highest BCUT2D eigenvalue weighted by atomic mass is 33.1. The van der Waals surface area contributed by atoms with Crippen molar-refractivity contribution in [2.75, 3.05) is 52.5 Å². The lowest BCUT2D eigenvalue weighted by atomic mass is 10.1. The largest absolute Gasteiger partial charge is 0.463 e. The summed E-state index contributed by atoms with van der Waals surface area (Å²) in [6.45, 7) is 2.97. The highest BCUT2D eigenvalue weighted by Crippen LogP contribution is 2.39. The minimum atomic E-state index is -0.117. The van der Waals surface area contributed by atoms with Crippen molar-refractivity contribution >= 4 is 27.6 Å². The van der Waals surface area contributed by atoms with E-state index < -0.39 is 0 Å². The highest BCUT2D eigenvalue weighted by Gasteiger charge is 2.15. The van der Waals surface area contributed by atoms with E-state index in [0.717, 1.165) is 18.1 Å². The van der Waals surface area contributed by atoms with E-state index in [1.54, 1.807) is 7.11 Å². The topological polar surface area (TPSA) is 54.0 Å². The molecular formula is C15H28O5S2. The Hall–Kier alpha value is 0.0500. The lowest BCUT2D eigenvalue weighted by Gasteiger charge is -2.08. The molecule has 1 rings (SSSR count). The van der Waals surface area contributed by atoms with Gasteiger partial charge in [0.2, 0.25) is 0 Å². The Kier molecular flexibility index (Phi) is 13.4. The van der Waals surface area contributed by atoms with E-state index in [9.17, 15) is 4.79 Å². The van der Waals surface area contributed by atoms with Gasteiger partial charge in [-0.25, -0.2) is 0 Å². The Bertz CT molecular complexity index is 273. The minimum Gasteiger partial charge on any atom is -0.463 e. The number of esters is 1. The minimum absolute atomic E-state index is 0.117. The molecule has 0 aliphatic carbocycles. The molecule has 0 bridgehead atoms. The van der Waals surface area contributed by atoms with Gasteiger partial charge in [-0.1, -0.05) is 28.0 Å². The van der Waals surface area contributed by atoms with Crippen LogP contribution in [0, 0.1) is 0 Å². The molecule has 0 aromatic rings. The van der Waals surface area contributed by atoms with Crippen molar-refractivity contribution in [1.82, 2.24) is 0 Å². The second-order valence-corrected chi connectivity index (χ2v) is 7.80. The maximum Gasteiger partial charge on any atom is 0.305 e. The van der Waals surface area contributed by atoms with Crippen LogP contribution in [0.5, 0.6) is 0 Å². The summed E-state index contributed by atoms with van der Waals surface area (Å²) < 4.78 is 20.5. The molecule has 1 unspecified atom stereocenters.